The molecule has 0 saturated heterocycles. The minimum atomic E-state index is 0. The molecule has 0 fully saturated rings. The number of halogens is 2. The van der Waals surface area contributed by atoms with Crippen LogP contribution >= 0.6 is 0 Å². The van der Waals surface area contributed by atoms with E-state index in [2.05, 4.69) is 56.3 Å². The Kier molecular flexibility index (Phi) is 5.77. The fourth-order valence-corrected chi connectivity index (χ4v) is 4.67. The van der Waals surface area contributed by atoms with Gasteiger partial charge in [-0.25, -0.2) is 0 Å². The Hall–Kier alpha value is -0.617. The Morgan fingerprint density at radius 1 is 0.957 bits per heavy atom. The van der Waals surface area contributed by atoms with E-state index in [1.807, 2.05) is 0 Å². The van der Waals surface area contributed by atoms with Crippen molar-refractivity contribution < 1.29 is 49.5 Å². The molecular weight excluding hydrogens is 402 g/mol. The molecule has 0 N–H and O–H groups in total. The van der Waals surface area contributed by atoms with Gasteiger partial charge >= 0.3 is 142 Å². The molecule has 0 unspecified atom stereocenters. The summed E-state index contributed by atoms with van der Waals surface area (Å²) >= 11 is 1.54. The van der Waals surface area contributed by atoms with Crippen molar-refractivity contribution in [2.75, 3.05) is 0 Å². The van der Waals surface area contributed by atoms with Gasteiger partial charge in [0, 0.05) is 0 Å². The molecule has 0 spiro atoms. The first-order chi connectivity index (χ1) is 10.2. The summed E-state index contributed by atoms with van der Waals surface area (Å²) < 4.78 is 1.57. The van der Waals surface area contributed by atoms with Gasteiger partial charge in [-0.15, -0.1) is 0 Å². The maximum atomic E-state index is 2.30. The second-order valence-corrected chi connectivity index (χ2v) is 7.24. The third-order valence-corrected chi connectivity index (χ3v) is 6.58. The third-order valence-electron chi connectivity index (χ3n) is 4.91. The summed E-state index contributed by atoms with van der Waals surface area (Å²) in [5.41, 5.74) is 12.0. The minimum absolute atomic E-state index is 0. The van der Waals surface area contributed by atoms with Crippen molar-refractivity contribution >= 4 is 8.84 Å². The van der Waals surface area contributed by atoms with Gasteiger partial charge in [-0.3, -0.25) is 0 Å². The monoisotopic (exact) mass is 417 g/mol. The van der Waals surface area contributed by atoms with E-state index >= 15 is 0 Å². The molecule has 0 atom stereocenters. The summed E-state index contributed by atoms with van der Waals surface area (Å²) in [5.74, 6) is 0. The largest absolute Gasteiger partial charge is 1.00 e. The van der Waals surface area contributed by atoms with Crippen LogP contribution in [0.1, 0.15) is 34.2 Å². The van der Waals surface area contributed by atoms with Gasteiger partial charge in [-0.1, -0.05) is 0 Å². The predicted octanol–water partition coefficient (Wildman–Crippen LogP) is -1.60. The van der Waals surface area contributed by atoms with Crippen molar-refractivity contribution in [1.82, 2.24) is 0 Å². The van der Waals surface area contributed by atoms with E-state index in [4.69, 9.17) is 0 Å². The Balaban J connectivity index is 0.000000960. The standard InChI is InChI=1S/C20H17.2ClH.Zr/c1-13-11-17-12-16-9-5-6-10-18(16)20(17)19(14(13)2)15-7-3-4-8-15;;;/h3-7,9-10H,8,12H2,1-2H3;2*1H;/q;;;+2/p-2. The molecule has 0 radical (unpaired) electrons. The van der Waals surface area contributed by atoms with E-state index in [1.54, 1.807) is 33.6 Å². The molecule has 0 heterocycles. The number of rotatable bonds is 1. The van der Waals surface area contributed by atoms with Crippen LogP contribution in [-0.4, -0.2) is 0 Å². The van der Waals surface area contributed by atoms with E-state index in [1.165, 1.54) is 39.0 Å². The summed E-state index contributed by atoms with van der Waals surface area (Å²) in [5, 5.41) is 0. The Morgan fingerprint density at radius 2 is 1.70 bits per heavy atom. The number of hydrogen-bond donors (Lipinski definition) is 0. The van der Waals surface area contributed by atoms with Crippen molar-refractivity contribution in [3.05, 3.63) is 70.3 Å². The topological polar surface area (TPSA) is 0 Å². The van der Waals surface area contributed by atoms with Crippen molar-refractivity contribution in [1.29, 1.82) is 0 Å². The maximum absolute atomic E-state index is 2.30. The molecule has 2 aliphatic carbocycles. The first-order valence-electron chi connectivity index (χ1n) is 7.50. The normalized spacial score (nSPS) is 13.8. The van der Waals surface area contributed by atoms with Crippen molar-refractivity contribution in [2.24, 2.45) is 0 Å². The van der Waals surface area contributed by atoms with Gasteiger partial charge in [-0.2, -0.15) is 0 Å². The van der Waals surface area contributed by atoms with Gasteiger partial charge in [0.2, 0.25) is 0 Å². The van der Waals surface area contributed by atoms with Crippen LogP contribution in [-0.2, 0) is 31.1 Å². The summed E-state index contributed by atoms with van der Waals surface area (Å²) in [6.45, 7) is 4.60. The molecule has 115 valence electrons. The zero-order valence-electron chi connectivity index (χ0n) is 13.2. The maximum Gasteiger partial charge on any atom is -1.00 e. The average molecular weight is 419 g/mol. The Morgan fingerprint density at radius 3 is 2.39 bits per heavy atom. The first-order valence-corrected chi connectivity index (χ1v) is 8.73. The number of fused-ring (bicyclic) bond motifs is 3. The van der Waals surface area contributed by atoms with Crippen molar-refractivity contribution in [2.45, 2.75) is 26.7 Å². The van der Waals surface area contributed by atoms with Crippen molar-refractivity contribution in [3.63, 3.8) is 0 Å². The molecule has 0 nitrogen and oxygen atoms in total. The van der Waals surface area contributed by atoms with Crippen LogP contribution < -0.4 is 28.1 Å². The molecule has 0 aromatic heterocycles. The van der Waals surface area contributed by atoms with E-state index < -0.39 is 0 Å². The molecule has 0 bridgehead atoms. The number of hydrogen-bond acceptors (Lipinski definition) is 0. The zero-order valence-corrected chi connectivity index (χ0v) is 17.2. The Bertz CT molecular complexity index is 832. The molecule has 0 amide bonds. The van der Waals surface area contributed by atoms with E-state index in [0.29, 0.717) is 0 Å². The van der Waals surface area contributed by atoms with Crippen LogP contribution in [0.4, 0.5) is 0 Å². The van der Waals surface area contributed by atoms with Gasteiger partial charge in [0.25, 0.3) is 0 Å². The van der Waals surface area contributed by atoms with Crippen LogP contribution in [0, 0.1) is 13.8 Å². The summed E-state index contributed by atoms with van der Waals surface area (Å²) in [4.78, 5) is 0. The molecule has 2 aliphatic rings. The van der Waals surface area contributed by atoms with E-state index in [9.17, 15) is 0 Å². The fourth-order valence-electron chi connectivity index (χ4n) is 3.68. The zero-order chi connectivity index (χ0) is 14.6. The summed E-state index contributed by atoms with van der Waals surface area (Å²) in [6.07, 6.45) is 8.95. The minimum Gasteiger partial charge on any atom is -1.00 e. The van der Waals surface area contributed by atoms with Gasteiger partial charge in [-0.05, 0) is 0 Å². The Labute approximate surface area is 165 Å². The second kappa shape index (κ2) is 7.10. The van der Waals surface area contributed by atoms with Gasteiger partial charge in [0.15, 0.2) is 0 Å². The van der Waals surface area contributed by atoms with Crippen LogP contribution in [0.5, 0.6) is 0 Å². The SMILES string of the molecule is Cc1c(C)c(C2=CC=CC2)c2c([c]1[Zr+2])Cc1ccccc1-2.[Cl-].[Cl-]. The van der Waals surface area contributed by atoms with Crippen LogP contribution in [0.3, 0.4) is 0 Å². The fraction of sp³-hybridized carbons (Fsp3) is 0.200. The number of allylic oxidation sites excluding steroid dienone is 4. The van der Waals surface area contributed by atoms with Crippen LogP contribution in [0.15, 0.2) is 42.5 Å². The summed E-state index contributed by atoms with van der Waals surface area (Å²) in [6, 6.07) is 8.94. The second-order valence-electron chi connectivity index (χ2n) is 6.01. The molecular formula is C20H17Cl2Zr. The summed E-state index contributed by atoms with van der Waals surface area (Å²) in [7, 11) is 0. The third kappa shape index (κ3) is 2.82. The van der Waals surface area contributed by atoms with E-state index in [0.717, 1.165) is 12.8 Å². The molecule has 3 heteroatoms. The molecule has 2 aromatic rings. The molecule has 2 aromatic carbocycles. The first kappa shape index (κ1) is 18.7. The molecule has 4 rings (SSSR count). The van der Waals surface area contributed by atoms with E-state index in [-0.39, 0.29) is 24.8 Å². The smallest absolute Gasteiger partial charge is 1.00 e. The quantitative estimate of drug-likeness (QED) is 0.446. The van der Waals surface area contributed by atoms with Gasteiger partial charge in [0.1, 0.15) is 0 Å². The van der Waals surface area contributed by atoms with Crippen LogP contribution in [0.2, 0.25) is 0 Å². The molecule has 0 aliphatic heterocycles. The number of benzene rings is 2. The predicted molar refractivity (Wildman–Crippen MR) is 85.5 cm³/mol. The van der Waals surface area contributed by atoms with Crippen molar-refractivity contribution in [3.8, 4) is 11.1 Å². The van der Waals surface area contributed by atoms with Gasteiger partial charge < -0.3 is 24.8 Å². The molecule has 23 heavy (non-hydrogen) atoms. The average Bonchev–Trinajstić information content (AvgIpc) is 3.13. The molecule has 0 saturated carbocycles. The van der Waals surface area contributed by atoms with Gasteiger partial charge in [0.05, 0.1) is 0 Å². The van der Waals surface area contributed by atoms with Crippen LogP contribution in [0.25, 0.3) is 16.7 Å².